The highest BCUT2D eigenvalue weighted by molar-refractivity contribution is 5.94. The first-order valence-electron chi connectivity index (χ1n) is 6.01. The fourth-order valence-electron chi connectivity index (χ4n) is 1.65. The van der Waals surface area contributed by atoms with Crippen LogP contribution in [-0.2, 0) is 4.79 Å². The van der Waals surface area contributed by atoms with Gasteiger partial charge in [-0.1, -0.05) is 19.4 Å². The lowest BCUT2D eigenvalue weighted by Gasteiger charge is -2.10. The monoisotopic (exact) mass is 250 g/mol. The Bertz CT molecular complexity index is 470. The van der Waals surface area contributed by atoms with Crippen LogP contribution in [0.3, 0.4) is 0 Å². The van der Waals surface area contributed by atoms with E-state index in [0.29, 0.717) is 12.1 Å². The van der Waals surface area contributed by atoms with Crippen LogP contribution in [0.2, 0.25) is 0 Å². The zero-order valence-corrected chi connectivity index (χ0v) is 10.9. The lowest BCUT2D eigenvalue weighted by atomic mass is 10.1. The SMILES string of the molecule is CCCCC(=O)Nc1c([N+](=O)[O-])ccc(C)c1C. The van der Waals surface area contributed by atoms with E-state index in [0.717, 1.165) is 24.0 Å². The summed E-state index contributed by atoms with van der Waals surface area (Å²) in [6.07, 6.45) is 2.09. The van der Waals surface area contributed by atoms with Gasteiger partial charge in [0.1, 0.15) is 5.69 Å². The molecule has 0 unspecified atom stereocenters. The van der Waals surface area contributed by atoms with Gasteiger partial charge in [0.05, 0.1) is 4.92 Å². The van der Waals surface area contributed by atoms with Crippen LogP contribution in [0.5, 0.6) is 0 Å². The summed E-state index contributed by atoms with van der Waals surface area (Å²) in [6.45, 7) is 5.63. The van der Waals surface area contributed by atoms with Gasteiger partial charge >= 0.3 is 0 Å². The number of benzene rings is 1. The van der Waals surface area contributed by atoms with Crippen molar-refractivity contribution in [2.75, 3.05) is 5.32 Å². The maximum absolute atomic E-state index is 11.7. The Morgan fingerprint density at radius 2 is 2.06 bits per heavy atom. The van der Waals surface area contributed by atoms with Crippen molar-refractivity contribution in [2.45, 2.75) is 40.0 Å². The normalized spacial score (nSPS) is 10.2. The lowest BCUT2D eigenvalue weighted by molar-refractivity contribution is -0.384. The quantitative estimate of drug-likeness (QED) is 0.643. The molecule has 1 N–H and O–H groups in total. The lowest BCUT2D eigenvalue weighted by Crippen LogP contribution is -2.14. The summed E-state index contributed by atoms with van der Waals surface area (Å²) in [5.41, 5.74) is 1.93. The smallest absolute Gasteiger partial charge is 0.293 e. The van der Waals surface area contributed by atoms with Crippen molar-refractivity contribution in [1.29, 1.82) is 0 Å². The first kappa shape index (κ1) is 14.2. The minimum absolute atomic E-state index is 0.0528. The number of unbranched alkanes of at least 4 members (excludes halogenated alkanes) is 1. The van der Waals surface area contributed by atoms with Gasteiger partial charge in [0, 0.05) is 12.5 Å². The largest absolute Gasteiger partial charge is 0.320 e. The molecule has 18 heavy (non-hydrogen) atoms. The number of rotatable bonds is 5. The highest BCUT2D eigenvalue weighted by Gasteiger charge is 2.18. The van der Waals surface area contributed by atoms with Gasteiger partial charge in [0.15, 0.2) is 0 Å². The van der Waals surface area contributed by atoms with E-state index < -0.39 is 4.92 Å². The van der Waals surface area contributed by atoms with Gasteiger partial charge in [-0.25, -0.2) is 0 Å². The zero-order chi connectivity index (χ0) is 13.7. The van der Waals surface area contributed by atoms with Crippen molar-refractivity contribution >= 4 is 17.3 Å². The Hall–Kier alpha value is -1.91. The van der Waals surface area contributed by atoms with Crippen molar-refractivity contribution < 1.29 is 9.72 Å². The summed E-state index contributed by atoms with van der Waals surface area (Å²) in [7, 11) is 0. The van der Waals surface area contributed by atoms with E-state index in [4.69, 9.17) is 0 Å². The van der Waals surface area contributed by atoms with Crippen LogP contribution in [0.15, 0.2) is 12.1 Å². The summed E-state index contributed by atoms with van der Waals surface area (Å²) in [5, 5.41) is 13.6. The Morgan fingerprint density at radius 1 is 1.39 bits per heavy atom. The summed E-state index contributed by atoms with van der Waals surface area (Å²) >= 11 is 0. The molecule has 1 amide bonds. The second-order valence-corrected chi connectivity index (χ2v) is 4.31. The van der Waals surface area contributed by atoms with Crippen molar-refractivity contribution in [3.8, 4) is 0 Å². The zero-order valence-electron chi connectivity index (χ0n) is 10.9. The van der Waals surface area contributed by atoms with Crippen LogP contribution < -0.4 is 5.32 Å². The number of anilines is 1. The van der Waals surface area contributed by atoms with Crippen LogP contribution >= 0.6 is 0 Å². The van der Waals surface area contributed by atoms with Crippen molar-refractivity contribution in [1.82, 2.24) is 0 Å². The molecule has 0 bridgehead atoms. The number of carbonyl (C=O) groups excluding carboxylic acids is 1. The molecule has 0 spiro atoms. The van der Waals surface area contributed by atoms with E-state index in [9.17, 15) is 14.9 Å². The highest BCUT2D eigenvalue weighted by atomic mass is 16.6. The van der Waals surface area contributed by atoms with Gasteiger partial charge in [-0.3, -0.25) is 14.9 Å². The molecule has 0 aliphatic heterocycles. The number of aryl methyl sites for hydroxylation is 1. The standard InChI is InChI=1S/C13H18N2O3/c1-4-5-6-12(16)14-13-10(3)9(2)7-8-11(13)15(17)18/h7-8H,4-6H2,1-3H3,(H,14,16). The Morgan fingerprint density at radius 3 is 2.61 bits per heavy atom. The minimum atomic E-state index is -0.470. The van der Waals surface area contributed by atoms with Gasteiger partial charge in [-0.15, -0.1) is 0 Å². The molecule has 0 aromatic heterocycles. The molecule has 0 radical (unpaired) electrons. The fraction of sp³-hybridized carbons (Fsp3) is 0.462. The molecule has 98 valence electrons. The molecule has 5 nitrogen and oxygen atoms in total. The van der Waals surface area contributed by atoms with E-state index in [1.54, 1.807) is 13.0 Å². The predicted molar refractivity (Wildman–Crippen MR) is 70.7 cm³/mol. The van der Waals surface area contributed by atoms with E-state index >= 15 is 0 Å². The van der Waals surface area contributed by atoms with Crippen LogP contribution in [0.4, 0.5) is 11.4 Å². The molecule has 1 rings (SSSR count). The first-order valence-corrected chi connectivity index (χ1v) is 6.01. The average Bonchev–Trinajstić information content (AvgIpc) is 2.32. The summed E-state index contributed by atoms with van der Waals surface area (Å²) < 4.78 is 0. The summed E-state index contributed by atoms with van der Waals surface area (Å²) in [4.78, 5) is 22.1. The molecule has 0 aliphatic carbocycles. The number of nitro groups is 1. The number of nitrogens with one attached hydrogen (secondary N) is 1. The molecule has 0 atom stereocenters. The van der Waals surface area contributed by atoms with Crippen LogP contribution in [0.25, 0.3) is 0 Å². The van der Waals surface area contributed by atoms with Crippen LogP contribution in [0.1, 0.15) is 37.3 Å². The van der Waals surface area contributed by atoms with Crippen LogP contribution in [0, 0.1) is 24.0 Å². The van der Waals surface area contributed by atoms with Crippen LogP contribution in [-0.4, -0.2) is 10.8 Å². The second kappa shape index (κ2) is 6.14. The molecular formula is C13H18N2O3. The molecule has 0 fully saturated rings. The number of nitrogens with zero attached hydrogens (tertiary/aromatic N) is 1. The fourth-order valence-corrected chi connectivity index (χ4v) is 1.65. The molecule has 1 aromatic carbocycles. The molecule has 0 heterocycles. The highest BCUT2D eigenvalue weighted by Crippen LogP contribution is 2.30. The minimum Gasteiger partial charge on any atom is -0.320 e. The summed E-state index contributed by atoms with van der Waals surface area (Å²) in [5.74, 6) is -0.173. The average molecular weight is 250 g/mol. The topological polar surface area (TPSA) is 72.2 Å². The number of hydrogen-bond donors (Lipinski definition) is 1. The molecule has 0 saturated heterocycles. The molecule has 0 aliphatic rings. The van der Waals surface area contributed by atoms with E-state index in [2.05, 4.69) is 5.32 Å². The molecule has 1 aromatic rings. The van der Waals surface area contributed by atoms with E-state index in [1.165, 1.54) is 6.07 Å². The molecule has 5 heteroatoms. The number of carbonyl (C=O) groups is 1. The second-order valence-electron chi connectivity index (χ2n) is 4.31. The Kier molecular flexibility index (Phi) is 4.83. The van der Waals surface area contributed by atoms with Crippen molar-refractivity contribution in [3.05, 3.63) is 33.4 Å². The third-order valence-electron chi connectivity index (χ3n) is 2.93. The van der Waals surface area contributed by atoms with E-state index in [-0.39, 0.29) is 11.6 Å². The third-order valence-corrected chi connectivity index (χ3v) is 2.93. The molecule has 0 saturated carbocycles. The predicted octanol–water partition coefficient (Wildman–Crippen LogP) is 3.34. The Labute approximate surface area is 106 Å². The van der Waals surface area contributed by atoms with Crippen molar-refractivity contribution in [2.24, 2.45) is 0 Å². The third kappa shape index (κ3) is 3.29. The summed E-state index contributed by atoms with van der Waals surface area (Å²) in [6, 6.07) is 3.12. The maximum atomic E-state index is 11.7. The Balaban J connectivity index is 3.02. The number of amides is 1. The van der Waals surface area contributed by atoms with Crippen molar-refractivity contribution in [3.63, 3.8) is 0 Å². The van der Waals surface area contributed by atoms with Gasteiger partial charge in [-0.2, -0.15) is 0 Å². The van der Waals surface area contributed by atoms with Gasteiger partial charge in [-0.05, 0) is 31.4 Å². The first-order chi connectivity index (χ1) is 8.47. The van der Waals surface area contributed by atoms with Gasteiger partial charge in [0.2, 0.25) is 5.91 Å². The number of hydrogen-bond acceptors (Lipinski definition) is 3. The van der Waals surface area contributed by atoms with Gasteiger partial charge < -0.3 is 5.32 Å². The van der Waals surface area contributed by atoms with Gasteiger partial charge in [0.25, 0.3) is 5.69 Å². The number of nitro benzene ring substituents is 1. The van der Waals surface area contributed by atoms with E-state index in [1.807, 2.05) is 13.8 Å². The molecular weight excluding hydrogens is 232 g/mol. The maximum Gasteiger partial charge on any atom is 0.293 e.